The van der Waals surface area contributed by atoms with E-state index in [0.29, 0.717) is 5.82 Å². The number of anilines is 1. The smallest absolute Gasteiger partial charge is 0.233 e. The van der Waals surface area contributed by atoms with E-state index in [2.05, 4.69) is 15.3 Å². The second-order valence-electron chi connectivity index (χ2n) is 3.39. The van der Waals surface area contributed by atoms with Crippen molar-refractivity contribution >= 4 is 11.7 Å². The van der Waals surface area contributed by atoms with Crippen LogP contribution >= 0.6 is 0 Å². The Morgan fingerprint density at radius 3 is 2.88 bits per heavy atom. The summed E-state index contributed by atoms with van der Waals surface area (Å²) in [4.78, 5) is 19.7. The summed E-state index contributed by atoms with van der Waals surface area (Å²) in [6.45, 7) is 0. The highest BCUT2D eigenvalue weighted by Gasteiger charge is 2.07. The van der Waals surface area contributed by atoms with E-state index in [-0.39, 0.29) is 12.3 Å². The Hall–Kier alpha value is -2.17. The lowest BCUT2D eigenvalue weighted by molar-refractivity contribution is -0.115. The van der Waals surface area contributed by atoms with Gasteiger partial charge in [0.1, 0.15) is 11.6 Å². The van der Waals surface area contributed by atoms with Crippen molar-refractivity contribution in [3.8, 4) is 0 Å². The Labute approximate surface area is 93.2 Å². The number of nitrogens with one attached hydrogen (secondary N) is 1. The number of aromatic nitrogens is 3. The number of carbonyl (C=O) groups excluding carboxylic acids is 1. The molecule has 0 unspecified atom stereocenters. The molecule has 1 N–H and O–H groups in total. The summed E-state index contributed by atoms with van der Waals surface area (Å²) in [5.41, 5.74) is 0. The fourth-order valence-corrected chi connectivity index (χ4v) is 1.33. The quantitative estimate of drug-likeness (QED) is 0.832. The first kappa shape index (κ1) is 10.4. The molecule has 0 aliphatic heterocycles. The lowest BCUT2D eigenvalue weighted by atomic mass is 10.3. The molecule has 2 rings (SSSR count). The van der Waals surface area contributed by atoms with Gasteiger partial charge in [-0.25, -0.2) is 9.97 Å². The average Bonchev–Trinajstić information content (AvgIpc) is 2.66. The minimum absolute atomic E-state index is 0.118. The fraction of sp³-hybridized carbons (Fsp3) is 0.182. The number of hydrogen-bond donors (Lipinski definition) is 1. The molecule has 5 nitrogen and oxygen atoms in total. The third kappa shape index (κ3) is 2.44. The number of rotatable bonds is 3. The molecule has 0 radical (unpaired) electrons. The number of hydrogen-bond acceptors (Lipinski definition) is 3. The van der Waals surface area contributed by atoms with Crippen LogP contribution in [0.4, 0.5) is 5.82 Å². The molecule has 0 aromatic carbocycles. The first-order chi connectivity index (χ1) is 7.75. The van der Waals surface area contributed by atoms with Gasteiger partial charge in [0.2, 0.25) is 5.91 Å². The molecule has 82 valence electrons. The fourth-order valence-electron chi connectivity index (χ4n) is 1.33. The Bertz CT molecular complexity index is 478. The summed E-state index contributed by atoms with van der Waals surface area (Å²) in [5.74, 6) is 1.17. The van der Waals surface area contributed by atoms with Gasteiger partial charge < -0.3 is 9.88 Å². The summed E-state index contributed by atoms with van der Waals surface area (Å²) in [6, 6.07) is 5.37. The van der Waals surface area contributed by atoms with Crippen LogP contribution in [0.1, 0.15) is 5.82 Å². The zero-order valence-electron chi connectivity index (χ0n) is 8.92. The number of pyridine rings is 1. The molecule has 16 heavy (non-hydrogen) atoms. The number of carbonyl (C=O) groups is 1. The Kier molecular flexibility index (Phi) is 2.95. The van der Waals surface area contributed by atoms with Crippen molar-refractivity contribution in [3.63, 3.8) is 0 Å². The number of imidazole rings is 1. The van der Waals surface area contributed by atoms with Crippen LogP contribution in [0.15, 0.2) is 36.8 Å². The second kappa shape index (κ2) is 4.57. The molecule has 2 aromatic rings. The maximum Gasteiger partial charge on any atom is 0.233 e. The van der Waals surface area contributed by atoms with E-state index in [1.54, 1.807) is 24.5 Å². The van der Waals surface area contributed by atoms with Crippen LogP contribution < -0.4 is 5.32 Å². The number of nitrogens with zero attached hydrogens (tertiary/aromatic N) is 3. The molecule has 0 saturated heterocycles. The van der Waals surface area contributed by atoms with Crippen LogP contribution in [0.3, 0.4) is 0 Å². The monoisotopic (exact) mass is 216 g/mol. The van der Waals surface area contributed by atoms with Gasteiger partial charge in [0.05, 0.1) is 6.42 Å². The van der Waals surface area contributed by atoms with Gasteiger partial charge >= 0.3 is 0 Å². The van der Waals surface area contributed by atoms with Crippen LogP contribution in [0.2, 0.25) is 0 Å². The van der Waals surface area contributed by atoms with Crippen LogP contribution in [0.5, 0.6) is 0 Å². The van der Waals surface area contributed by atoms with Crippen molar-refractivity contribution in [2.75, 3.05) is 5.32 Å². The number of amides is 1. The van der Waals surface area contributed by atoms with Crippen molar-refractivity contribution in [1.29, 1.82) is 0 Å². The van der Waals surface area contributed by atoms with Gasteiger partial charge in [0.15, 0.2) is 0 Å². The third-order valence-corrected chi connectivity index (χ3v) is 2.17. The molecule has 0 atom stereocenters. The van der Waals surface area contributed by atoms with Crippen molar-refractivity contribution in [1.82, 2.24) is 14.5 Å². The Balaban J connectivity index is 1.98. The van der Waals surface area contributed by atoms with Crippen LogP contribution in [-0.4, -0.2) is 20.4 Å². The Morgan fingerprint density at radius 1 is 1.38 bits per heavy atom. The number of aryl methyl sites for hydroxylation is 1. The first-order valence-corrected chi connectivity index (χ1v) is 4.93. The van der Waals surface area contributed by atoms with E-state index in [1.165, 1.54) is 0 Å². The van der Waals surface area contributed by atoms with Crippen LogP contribution in [0, 0.1) is 0 Å². The van der Waals surface area contributed by atoms with Gasteiger partial charge in [-0.1, -0.05) is 6.07 Å². The molecule has 5 heteroatoms. The normalized spacial score (nSPS) is 10.1. The van der Waals surface area contributed by atoms with Crippen molar-refractivity contribution < 1.29 is 4.79 Å². The molecular formula is C11H12N4O. The maximum absolute atomic E-state index is 11.6. The van der Waals surface area contributed by atoms with E-state index >= 15 is 0 Å². The molecule has 0 aliphatic carbocycles. The van der Waals surface area contributed by atoms with E-state index in [1.807, 2.05) is 23.9 Å². The molecule has 0 spiro atoms. The molecular weight excluding hydrogens is 204 g/mol. The van der Waals surface area contributed by atoms with Gasteiger partial charge in [-0.05, 0) is 12.1 Å². The molecule has 0 aliphatic rings. The molecule has 2 heterocycles. The van der Waals surface area contributed by atoms with Gasteiger partial charge in [0.25, 0.3) is 0 Å². The standard InChI is InChI=1S/C11H12N4O/c1-15-7-6-13-10(15)8-11(16)14-9-4-2-3-5-12-9/h2-7H,8H2,1H3,(H,12,14,16). The Morgan fingerprint density at radius 2 is 2.25 bits per heavy atom. The average molecular weight is 216 g/mol. The minimum Gasteiger partial charge on any atom is -0.338 e. The van der Waals surface area contributed by atoms with Crippen LogP contribution in [-0.2, 0) is 18.3 Å². The summed E-state index contributed by atoms with van der Waals surface area (Å²) < 4.78 is 1.82. The molecule has 2 aromatic heterocycles. The van der Waals surface area contributed by atoms with Crippen molar-refractivity contribution in [3.05, 3.63) is 42.6 Å². The zero-order chi connectivity index (χ0) is 11.4. The summed E-state index contributed by atoms with van der Waals surface area (Å²) in [7, 11) is 1.86. The lowest BCUT2D eigenvalue weighted by Gasteiger charge is -2.03. The maximum atomic E-state index is 11.6. The van der Waals surface area contributed by atoms with Gasteiger partial charge in [-0.2, -0.15) is 0 Å². The topological polar surface area (TPSA) is 59.8 Å². The predicted molar refractivity (Wildman–Crippen MR) is 59.8 cm³/mol. The van der Waals surface area contributed by atoms with E-state index in [4.69, 9.17) is 0 Å². The largest absolute Gasteiger partial charge is 0.338 e. The summed E-state index contributed by atoms with van der Waals surface area (Å²) in [5, 5.41) is 2.70. The molecule has 1 amide bonds. The lowest BCUT2D eigenvalue weighted by Crippen LogP contribution is -2.17. The SMILES string of the molecule is Cn1ccnc1CC(=O)Nc1ccccn1. The van der Waals surface area contributed by atoms with Crippen LogP contribution in [0.25, 0.3) is 0 Å². The zero-order valence-corrected chi connectivity index (χ0v) is 8.92. The highest BCUT2D eigenvalue weighted by molar-refractivity contribution is 5.90. The van der Waals surface area contributed by atoms with E-state index in [0.717, 1.165) is 5.82 Å². The van der Waals surface area contributed by atoms with E-state index in [9.17, 15) is 4.79 Å². The summed E-state index contributed by atoms with van der Waals surface area (Å²) >= 11 is 0. The second-order valence-corrected chi connectivity index (χ2v) is 3.39. The first-order valence-electron chi connectivity index (χ1n) is 4.93. The minimum atomic E-state index is -0.118. The molecule has 0 saturated carbocycles. The summed E-state index contributed by atoms with van der Waals surface area (Å²) in [6.07, 6.45) is 5.36. The third-order valence-electron chi connectivity index (χ3n) is 2.17. The highest BCUT2D eigenvalue weighted by atomic mass is 16.1. The van der Waals surface area contributed by atoms with Crippen molar-refractivity contribution in [2.45, 2.75) is 6.42 Å². The molecule has 0 bridgehead atoms. The molecule has 0 fully saturated rings. The predicted octanol–water partition coefficient (Wildman–Crippen LogP) is 0.996. The van der Waals surface area contributed by atoms with Gasteiger partial charge in [0, 0.05) is 25.6 Å². The van der Waals surface area contributed by atoms with Gasteiger partial charge in [-0.15, -0.1) is 0 Å². The van der Waals surface area contributed by atoms with Gasteiger partial charge in [-0.3, -0.25) is 4.79 Å². The van der Waals surface area contributed by atoms with E-state index < -0.39 is 0 Å². The van der Waals surface area contributed by atoms with Crippen molar-refractivity contribution in [2.24, 2.45) is 7.05 Å². The highest BCUT2D eigenvalue weighted by Crippen LogP contribution is 2.02.